The Labute approximate surface area is 189 Å². The van der Waals surface area contributed by atoms with E-state index in [-0.39, 0.29) is 12.2 Å². The Kier molecular flexibility index (Phi) is 5.56. The molecular formula is C22H24N8O3. The van der Waals surface area contributed by atoms with Crippen LogP contribution in [0, 0.1) is 0 Å². The van der Waals surface area contributed by atoms with Crippen LogP contribution >= 0.6 is 0 Å². The molecule has 4 aromatic heterocycles. The number of anilines is 1. The van der Waals surface area contributed by atoms with Gasteiger partial charge in [0.15, 0.2) is 0 Å². The largest absolute Gasteiger partial charge is 0.394 e. The lowest BCUT2D eigenvalue weighted by molar-refractivity contribution is 0.122. The van der Waals surface area contributed by atoms with Crippen molar-refractivity contribution in [2.24, 2.45) is 7.05 Å². The number of nitrogens with zero attached hydrogens (tertiary/aromatic N) is 8. The van der Waals surface area contributed by atoms with Gasteiger partial charge in [-0.25, -0.2) is 19.9 Å². The molecule has 0 aliphatic carbocycles. The van der Waals surface area contributed by atoms with Gasteiger partial charge in [0.25, 0.3) is 5.56 Å². The lowest BCUT2D eigenvalue weighted by Crippen LogP contribution is -2.37. The maximum absolute atomic E-state index is 13.3. The Morgan fingerprint density at radius 2 is 1.88 bits per heavy atom. The molecule has 0 saturated carbocycles. The molecular weight excluding hydrogens is 424 g/mol. The van der Waals surface area contributed by atoms with Crippen molar-refractivity contribution >= 4 is 16.9 Å². The molecule has 1 N–H and O–H groups in total. The van der Waals surface area contributed by atoms with Gasteiger partial charge in [0.2, 0.25) is 5.95 Å². The third-order valence-electron chi connectivity index (χ3n) is 5.71. The van der Waals surface area contributed by atoms with Gasteiger partial charge in [0.1, 0.15) is 11.2 Å². The summed E-state index contributed by atoms with van der Waals surface area (Å²) >= 11 is 0. The summed E-state index contributed by atoms with van der Waals surface area (Å²) < 4.78 is 8.49. The van der Waals surface area contributed by atoms with Gasteiger partial charge in [-0.05, 0) is 13.0 Å². The first kappa shape index (κ1) is 21.2. The lowest BCUT2D eigenvalue weighted by Gasteiger charge is -2.26. The number of hydrogen-bond donors (Lipinski definition) is 1. The standard InChI is InChI=1S/C22H24N8O3/c1-14(12-31)30-13-25-20-17(21(30)32)7-18(27-19(20)16-10-26-28(2)11-16)15-8-23-22(24-9-15)29-3-5-33-6-4-29/h7-11,13-14,31H,3-6,12H2,1-2H3/t14-/m0/s1. The van der Waals surface area contributed by atoms with Gasteiger partial charge >= 0.3 is 0 Å². The van der Waals surface area contributed by atoms with Gasteiger partial charge in [-0.15, -0.1) is 0 Å². The summed E-state index contributed by atoms with van der Waals surface area (Å²) in [6, 6.07) is 1.31. The second-order valence-corrected chi connectivity index (χ2v) is 8.01. The molecule has 0 amide bonds. The first-order chi connectivity index (χ1) is 16.0. The van der Waals surface area contributed by atoms with Crippen LogP contribution in [0.25, 0.3) is 33.4 Å². The Morgan fingerprint density at radius 1 is 1.12 bits per heavy atom. The molecule has 1 saturated heterocycles. The molecule has 0 unspecified atom stereocenters. The molecule has 0 spiro atoms. The van der Waals surface area contributed by atoms with Gasteiger partial charge < -0.3 is 14.7 Å². The Balaban J connectivity index is 1.65. The van der Waals surface area contributed by atoms with Crippen molar-refractivity contribution in [1.29, 1.82) is 0 Å². The average Bonchev–Trinajstić information content (AvgIpc) is 3.30. The van der Waals surface area contributed by atoms with E-state index in [1.54, 1.807) is 36.3 Å². The van der Waals surface area contributed by atoms with Crippen LogP contribution in [0.15, 0.2) is 42.0 Å². The Morgan fingerprint density at radius 3 is 2.55 bits per heavy atom. The summed E-state index contributed by atoms with van der Waals surface area (Å²) in [4.78, 5) is 33.7. The maximum Gasteiger partial charge on any atom is 0.261 e. The number of aromatic nitrogens is 7. The molecule has 11 nitrogen and oxygen atoms in total. The van der Waals surface area contributed by atoms with E-state index in [0.29, 0.717) is 47.0 Å². The first-order valence-corrected chi connectivity index (χ1v) is 10.7. The maximum atomic E-state index is 13.3. The van der Waals surface area contributed by atoms with Crippen LogP contribution in [0.2, 0.25) is 0 Å². The molecule has 0 radical (unpaired) electrons. The number of fused-ring (bicyclic) bond motifs is 1. The number of morpholine rings is 1. The van der Waals surface area contributed by atoms with Crippen LogP contribution in [0.4, 0.5) is 5.95 Å². The fourth-order valence-electron chi connectivity index (χ4n) is 3.82. The minimum absolute atomic E-state index is 0.169. The smallest absolute Gasteiger partial charge is 0.261 e. The van der Waals surface area contributed by atoms with Crippen LogP contribution in [-0.2, 0) is 11.8 Å². The summed E-state index contributed by atoms with van der Waals surface area (Å²) in [5.74, 6) is 0.635. The Hall–Kier alpha value is -3.70. The zero-order chi connectivity index (χ0) is 22.9. The van der Waals surface area contributed by atoms with Crippen molar-refractivity contribution < 1.29 is 9.84 Å². The number of pyridine rings is 1. The van der Waals surface area contributed by atoms with Crippen LogP contribution in [0.1, 0.15) is 13.0 Å². The fraction of sp³-hybridized carbons (Fsp3) is 0.364. The third kappa shape index (κ3) is 3.96. The van der Waals surface area contributed by atoms with Crippen molar-refractivity contribution in [3.05, 3.63) is 47.5 Å². The van der Waals surface area contributed by atoms with E-state index in [1.807, 2.05) is 13.2 Å². The van der Waals surface area contributed by atoms with E-state index < -0.39 is 6.04 Å². The normalized spacial score (nSPS) is 15.2. The monoisotopic (exact) mass is 448 g/mol. The number of aliphatic hydroxyl groups excluding tert-OH is 1. The predicted octanol–water partition coefficient (Wildman–Crippen LogP) is 1.04. The number of ether oxygens (including phenoxy) is 1. The molecule has 11 heteroatoms. The zero-order valence-electron chi connectivity index (χ0n) is 18.4. The summed E-state index contributed by atoms with van der Waals surface area (Å²) in [5.41, 5.74) is 2.77. The average molecular weight is 448 g/mol. The summed E-state index contributed by atoms with van der Waals surface area (Å²) in [7, 11) is 1.82. The van der Waals surface area contributed by atoms with E-state index in [0.717, 1.165) is 18.7 Å². The van der Waals surface area contributed by atoms with Crippen molar-refractivity contribution in [2.75, 3.05) is 37.8 Å². The molecule has 5 heterocycles. The van der Waals surface area contributed by atoms with Crippen molar-refractivity contribution in [1.82, 2.24) is 34.3 Å². The second kappa shape index (κ2) is 8.68. The molecule has 33 heavy (non-hydrogen) atoms. The summed E-state index contributed by atoms with van der Waals surface area (Å²) in [5, 5.41) is 14.2. The van der Waals surface area contributed by atoms with Gasteiger partial charge in [0, 0.05) is 49.9 Å². The Bertz CT molecular complexity index is 1340. The van der Waals surface area contributed by atoms with Crippen LogP contribution in [-0.4, -0.2) is 72.3 Å². The topological polar surface area (TPSA) is 124 Å². The van der Waals surface area contributed by atoms with Crippen molar-refractivity contribution in [3.63, 3.8) is 0 Å². The van der Waals surface area contributed by atoms with Crippen LogP contribution < -0.4 is 10.5 Å². The first-order valence-electron chi connectivity index (χ1n) is 10.7. The number of hydrogen-bond acceptors (Lipinski definition) is 9. The highest BCUT2D eigenvalue weighted by Gasteiger charge is 2.18. The summed E-state index contributed by atoms with van der Waals surface area (Å²) in [6.45, 7) is 4.38. The van der Waals surface area contributed by atoms with E-state index >= 15 is 0 Å². The molecule has 1 aliphatic rings. The van der Waals surface area contributed by atoms with Crippen LogP contribution in [0.3, 0.4) is 0 Å². The minimum Gasteiger partial charge on any atom is -0.394 e. The molecule has 170 valence electrons. The molecule has 1 atom stereocenters. The summed E-state index contributed by atoms with van der Waals surface area (Å²) in [6.07, 6.45) is 8.39. The lowest BCUT2D eigenvalue weighted by atomic mass is 10.1. The minimum atomic E-state index is -0.399. The van der Waals surface area contributed by atoms with Gasteiger partial charge in [-0.3, -0.25) is 14.0 Å². The highest BCUT2D eigenvalue weighted by Crippen LogP contribution is 2.28. The van der Waals surface area contributed by atoms with E-state index in [1.165, 1.54) is 10.9 Å². The van der Waals surface area contributed by atoms with Crippen molar-refractivity contribution in [3.8, 4) is 22.5 Å². The molecule has 1 fully saturated rings. The quantitative estimate of drug-likeness (QED) is 0.477. The zero-order valence-corrected chi connectivity index (χ0v) is 18.4. The van der Waals surface area contributed by atoms with E-state index in [4.69, 9.17) is 9.72 Å². The van der Waals surface area contributed by atoms with E-state index in [9.17, 15) is 9.90 Å². The van der Waals surface area contributed by atoms with Gasteiger partial charge in [-0.2, -0.15) is 5.10 Å². The molecule has 0 aromatic carbocycles. The molecule has 1 aliphatic heterocycles. The number of aliphatic hydroxyl groups is 1. The molecule has 4 aromatic rings. The number of aryl methyl sites for hydroxylation is 1. The highest BCUT2D eigenvalue weighted by atomic mass is 16.5. The van der Waals surface area contributed by atoms with Crippen molar-refractivity contribution in [2.45, 2.75) is 13.0 Å². The second-order valence-electron chi connectivity index (χ2n) is 8.01. The molecule has 5 rings (SSSR count). The van der Waals surface area contributed by atoms with Gasteiger partial charge in [0.05, 0.1) is 49.5 Å². The fourth-order valence-corrected chi connectivity index (χ4v) is 3.82. The van der Waals surface area contributed by atoms with Crippen LogP contribution in [0.5, 0.6) is 0 Å². The predicted molar refractivity (Wildman–Crippen MR) is 122 cm³/mol. The SMILES string of the molecule is C[C@@H](CO)n1cnc2c(-c3cnn(C)c3)nc(-c3cnc(N4CCOCC4)nc3)cc2c1=O. The van der Waals surface area contributed by atoms with E-state index in [2.05, 4.69) is 25.0 Å². The third-order valence-corrected chi connectivity index (χ3v) is 5.71. The highest BCUT2D eigenvalue weighted by molar-refractivity contribution is 5.93. The number of rotatable bonds is 5. The van der Waals surface area contributed by atoms with Gasteiger partial charge in [-0.1, -0.05) is 0 Å². The molecule has 0 bridgehead atoms.